The summed E-state index contributed by atoms with van der Waals surface area (Å²) in [5.41, 5.74) is 0. The molecule has 0 saturated heterocycles. The van der Waals surface area contributed by atoms with E-state index in [1.807, 2.05) is 13.8 Å². The van der Waals surface area contributed by atoms with Crippen LogP contribution in [-0.4, -0.2) is 0 Å². The molecule has 0 atom stereocenters. The molecule has 2 heteroatoms. The molecule has 0 fully saturated rings. The topological polar surface area (TPSA) is 17.1 Å². The maximum atomic E-state index is 8.30. The van der Waals surface area contributed by atoms with Crippen LogP contribution in [0.25, 0.3) is 0 Å². The van der Waals surface area contributed by atoms with Crippen molar-refractivity contribution in [2.75, 3.05) is 0 Å². The average Bonchev–Trinajstić information content (AvgIpc) is 1.50. The molecule has 0 bridgehead atoms. The Bertz CT molecular complexity index is 6.00. The molecule has 0 aromatic heterocycles. The van der Waals surface area contributed by atoms with Crippen molar-refractivity contribution in [2.24, 2.45) is 0 Å². The zero-order valence-electron chi connectivity index (χ0n) is 2.86. The molecule has 0 aliphatic carbocycles. The summed E-state index contributed by atoms with van der Waals surface area (Å²) in [6, 6.07) is 0. The Morgan fingerprint density at radius 1 is 1.25 bits per heavy atom. The molecule has 0 radical (unpaired) electrons. The van der Waals surface area contributed by atoms with Crippen molar-refractivity contribution >= 4 is 0 Å². The van der Waals surface area contributed by atoms with E-state index in [2.05, 4.69) is 0 Å². The fourth-order valence-corrected chi connectivity index (χ4v) is 0. The Labute approximate surface area is 38.7 Å². The van der Waals surface area contributed by atoms with E-state index in [9.17, 15) is 0 Å². The Balaban J connectivity index is 0. The van der Waals surface area contributed by atoms with E-state index in [0.717, 1.165) is 0 Å². The van der Waals surface area contributed by atoms with Crippen molar-refractivity contribution in [1.82, 2.24) is 0 Å². The molecule has 0 aromatic rings. The van der Waals surface area contributed by atoms with Gasteiger partial charge in [-0.25, -0.2) is 0 Å². The molecule has 0 unspecified atom stereocenters. The zero-order chi connectivity index (χ0) is 4.00. The fourth-order valence-electron chi connectivity index (χ4n) is 0. The van der Waals surface area contributed by atoms with E-state index in [0.29, 0.717) is 21.0 Å². The summed E-state index contributed by atoms with van der Waals surface area (Å²) in [6.45, 7) is 4.00. The van der Waals surface area contributed by atoms with Crippen molar-refractivity contribution in [1.29, 1.82) is 0 Å². The summed E-state index contributed by atoms with van der Waals surface area (Å²) < 4.78 is 8.30. The van der Waals surface area contributed by atoms with Crippen LogP contribution in [0, 0.1) is 0 Å². The zero-order valence-corrected chi connectivity index (χ0v) is 5.05. The molecule has 25 valence electrons. The maximum absolute atomic E-state index is 8.30. The van der Waals surface area contributed by atoms with Crippen LogP contribution in [0.5, 0.6) is 0 Å². The normalized spacial score (nSPS) is 2.25. The van der Waals surface area contributed by atoms with E-state index in [-0.39, 0.29) is 0 Å². The van der Waals surface area contributed by atoms with Gasteiger partial charge in [0, 0.05) is 0 Å². The van der Waals surface area contributed by atoms with Gasteiger partial charge in [-0.05, 0) is 0 Å². The average molecular weight is 139 g/mol. The second-order valence-electron chi connectivity index (χ2n) is 0. The first kappa shape index (κ1) is 8.82. The molecule has 4 heavy (non-hydrogen) atoms. The Kier molecular flexibility index (Phi) is 173. The van der Waals surface area contributed by atoms with Crippen molar-refractivity contribution < 1.29 is 24.3 Å². The van der Waals surface area contributed by atoms with Gasteiger partial charge in [0.2, 0.25) is 0 Å². The van der Waals surface area contributed by atoms with Crippen LogP contribution >= 0.6 is 0 Å². The summed E-state index contributed by atoms with van der Waals surface area (Å²) in [4.78, 5) is 0. The molecular formula is C2H6NbO. The quantitative estimate of drug-likeness (QED) is 0.455. The van der Waals surface area contributed by atoms with E-state index >= 15 is 0 Å². The van der Waals surface area contributed by atoms with Crippen molar-refractivity contribution in [3.63, 3.8) is 0 Å². The molecule has 0 heterocycles. The van der Waals surface area contributed by atoms with Gasteiger partial charge in [0.25, 0.3) is 0 Å². The SMILES string of the molecule is CC.[O]=[Nb]. The summed E-state index contributed by atoms with van der Waals surface area (Å²) in [6.07, 6.45) is 0. The standard InChI is InChI=1S/C2H6.Nb.O/c1-2;;/h1-2H3;;. The third kappa shape index (κ3) is 20.6. The summed E-state index contributed by atoms with van der Waals surface area (Å²) >= 11 is 0.500. The van der Waals surface area contributed by atoms with Gasteiger partial charge in [0.15, 0.2) is 0 Å². The molecular weight excluding hydrogens is 133 g/mol. The van der Waals surface area contributed by atoms with Crippen LogP contribution in [0.2, 0.25) is 0 Å². The summed E-state index contributed by atoms with van der Waals surface area (Å²) in [7, 11) is 0. The minimum atomic E-state index is 0.500. The third-order valence-electron chi connectivity index (χ3n) is 0. The molecule has 0 N–H and O–H groups in total. The summed E-state index contributed by atoms with van der Waals surface area (Å²) in [5, 5.41) is 0. The minimum absolute atomic E-state index is 0.500. The predicted octanol–water partition coefficient (Wildman–Crippen LogP) is 0.905. The molecule has 0 rings (SSSR count). The fraction of sp³-hybridized carbons (Fsp3) is 1.00. The van der Waals surface area contributed by atoms with Gasteiger partial charge < -0.3 is 0 Å². The molecule has 0 amide bonds. The van der Waals surface area contributed by atoms with Crippen LogP contribution in [-0.2, 0) is 24.3 Å². The van der Waals surface area contributed by atoms with Crippen LogP contribution < -0.4 is 0 Å². The van der Waals surface area contributed by atoms with Gasteiger partial charge >= 0.3 is 24.3 Å². The predicted molar refractivity (Wildman–Crippen MR) is 12.0 cm³/mol. The first-order valence-electron chi connectivity index (χ1n) is 1.18. The van der Waals surface area contributed by atoms with Crippen LogP contribution in [0.3, 0.4) is 0 Å². The second kappa shape index (κ2) is 78.3. The first-order chi connectivity index (χ1) is 2.00. The number of hydrogen-bond donors (Lipinski definition) is 0. The number of rotatable bonds is 0. The molecule has 0 aliphatic rings. The van der Waals surface area contributed by atoms with E-state index in [1.165, 1.54) is 0 Å². The molecule has 0 spiro atoms. The third-order valence-corrected chi connectivity index (χ3v) is 0. The second-order valence-corrected chi connectivity index (χ2v) is 0. The Morgan fingerprint density at radius 2 is 1.25 bits per heavy atom. The van der Waals surface area contributed by atoms with E-state index in [1.54, 1.807) is 0 Å². The van der Waals surface area contributed by atoms with Gasteiger partial charge in [-0.3, -0.25) is 0 Å². The van der Waals surface area contributed by atoms with Gasteiger partial charge in [-0.15, -0.1) is 0 Å². The molecule has 1 nitrogen and oxygen atoms in total. The number of hydrogen-bond acceptors (Lipinski definition) is 1. The Morgan fingerprint density at radius 3 is 1.25 bits per heavy atom. The van der Waals surface area contributed by atoms with Crippen molar-refractivity contribution in [3.05, 3.63) is 0 Å². The van der Waals surface area contributed by atoms with E-state index in [4.69, 9.17) is 3.25 Å². The van der Waals surface area contributed by atoms with Gasteiger partial charge in [0.05, 0.1) is 0 Å². The van der Waals surface area contributed by atoms with Gasteiger partial charge in [-0.2, -0.15) is 0 Å². The van der Waals surface area contributed by atoms with Crippen LogP contribution in [0.1, 0.15) is 13.8 Å². The molecule has 0 aliphatic heterocycles. The van der Waals surface area contributed by atoms with Crippen molar-refractivity contribution in [2.45, 2.75) is 13.8 Å². The summed E-state index contributed by atoms with van der Waals surface area (Å²) in [5.74, 6) is 0. The monoisotopic (exact) mass is 139 g/mol. The first-order valence-corrected chi connectivity index (χ1v) is 2.08. The van der Waals surface area contributed by atoms with Crippen LogP contribution in [0.15, 0.2) is 0 Å². The van der Waals surface area contributed by atoms with Crippen molar-refractivity contribution in [3.8, 4) is 0 Å². The molecule has 0 aromatic carbocycles. The van der Waals surface area contributed by atoms with Gasteiger partial charge in [0.1, 0.15) is 0 Å². The van der Waals surface area contributed by atoms with Gasteiger partial charge in [-0.1, -0.05) is 13.8 Å². The van der Waals surface area contributed by atoms with E-state index < -0.39 is 0 Å². The van der Waals surface area contributed by atoms with Crippen LogP contribution in [0.4, 0.5) is 0 Å². The molecule has 0 saturated carbocycles. The Hall–Kier alpha value is 0.540.